The molecule has 2 amide bonds. The molecule has 3 aromatic rings. The highest BCUT2D eigenvalue weighted by atomic mass is 16.2. The third kappa shape index (κ3) is 4.95. The molecule has 2 aromatic carbocycles. The lowest BCUT2D eigenvalue weighted by atomic mass is 10.2. The number of nitrogens with zero attached hydrogens (tertiary/aromatic N) is 2. The maximum Gasteiger partial charge on any atom is 0.272 e. The molecule has 7 nitrogen and oxygen atoms in total. The van der Waals surface area contributed by atoms with Crippen molar-refractivity contribution in [3.63, 3.8) is 0 Å². The average molecular weight is 418 g/mol. The van der Waals surface area contributed by atoms with Crippen molar-refractivity contribution in [1.29, 1.82) is 0 Å². The lowest BCUT2D eigenvalue weighted by molar-refractivity contribution is 0.101. The van der Waals surface area contributed by atoms with E-state index in [1.54, 1.807) is 42.6 Å². The van der Waals surface area contributed by atoms with Crippen molar-refractivity contribution in [1.82, 2.24) is 9.88 Å². The Balaban J connectivity index is 1.33. The van der Waals surface area contributed by atoms with E-state index in [-0.39, 0.29) is 11.8 Å². The van der Waals surface area contributed by atoms with Gasteiger partial charge in [0.05, 0.1) is 0 Å². The van der Waals surface area contributed by atoms with Crippen molar-refractivity contribution in [3.05, 3.63) is 78.1 Å². The Kier molecular flexibility index (Phi) is 6.04. The number of carbonyl (C=O) groups is 2. The molecule has 1 aliphatic heterocycles. The van der Waals surface area contributed by atoms with Crippen molar-refractivity contribution >= 4 is 28.9 Å². The Labute approximate surface area is 182 Å². The molecule has 160 valence electrons. The predicted octanol–water partition coefficient (Wildman–Crippen LogP) is 3.66. The summed E-state index contributed by atoms with van der Waals surface area (Å²) in [5, 5.41) is 5.72. The number of amides is 2. The van der Waals surface area contributed by atoms with Crippen molar-refractivity contribution in [2.75, 3.05) is 42.7 Å². The fourth-order valence-electron chi connectivity index (χ4n) is 3.73. The van der Waals surface area contributed by atoms with Crippen LogP contribution in [0.1, 0.15) is 27.3 Å². The first-order chi connectivity index (χ1) is 15.0. The molecule has 1 unspecified atom stereocenters. The summed E-state index contributed by atoms with van der Waals surface area (Å²) in [6, 6.07) is 18.8. The monoisotopic (exact) mass is 417 g/mol. The molecular formula is C24H27N5O2. The molecule has 4 rings (SSSR count). The summed E-state index contributed by atoms with van der Waals surface area (Å²) in [6.45, 7) is 2.06. The summed E-state index contributed by atoms with van der Waals surface area (Å²) in [4.78, 5) is 32.2. The van der Waals surface area contributed by atoms with Gasteiger partial charge in [0.2, 0.25) is 0 Å². The summed E-state index contributed by atoms with van der Waals surface area (Å²) in [5.74, 6) is -0.416. The van der Waals surface area contributed by atoms with Crippen LogP contribution in [0.2, 0.25) is 0 Å². The number of H-pyrrole nitrogens is 1. The van der Waals surface area contributed by atoms with Gasteiger partial charge in [0, 0.05) is 48.0 Å². The Morgan fingerprint density at radius 1 is 0.935 bits per heavy atom. The average Bonchev–Trinajstić information content (AvgIpc) is 3.47. The van der Waals surface area contributed by atoms with Crippen LogP contribution in [0.15, 0.2) is 66.9 Å². The van der Waals surface area contributed by atoms with Crippen molar-refractivity contribution in [2.24, 2.45) is 0 Å². The largest absolute Gasteiger partial charge is 0.370 e. The maximum atomic E-state index is 12.6. The van der Waals surface area contributed by atoms with Crippen LogP contribution in [0.4, 0.5) is 17.1 Å². The van der Waals surface area contributed by atoms with E-state index >= 15 is 0 Å². The fraction of sp³-hybridized carbons (Fsp3) is 0.250. The first-order valence-electron chi connectivity index (χ1n) is 10.4. The number of nitrogens with one attached hydrogen (secondary N) is 3. The number of anilines is 3. The Morgan fingerprint density at radius 2 is 1.58 bits per heavy atom. The molecule has 1 fully saturated rings. The van der Waals surface area contributed by atoms with Crippen LogP contribution in [0.3, 0.4) is 0 Å². The number of rotatable bonds is 6. The molecule has 0 spiro atoms. The summed E-state index contributed by atoms with van der Waals surface area (Å²) in [6.07, 6.45) is 2.85. The van der Waals surface area contributed by atoms with Gasteiger partial charge in [0.1, 0.15) is 5.69 Å². The van der Waals surface area contributed by atoms with Gasteiger partial charge in [-0.2, -0.15) is 0 Å². The van der Waals surface area contributed by atoms with Crippen LogP contribution in [-0.2, 0) is 0 Å². The molecule has 0 aliphatic carbocycles. The Bertz CT molecular complexity index is 1030. The minimum atomic E-state index is -0.225. The first kappa shape index (κ1) is 20.7. The minimum Gasteiger partial charge on any atom is -0.370 e. The second-order valence-electron chi connectivity index (χ2n) is 7.97. The van der Waals surface area contributed by atoms with Gasteiger partial charge in [-0.15, -0.1) is 0 Å². The fourth-order valence-corrected chi connectivity index (χ4v) is 3.73. The van der Waals surface area contributed by atoms with E-state index in [9.17, 15) is 9.59 Å². The van der Waals surface area contributed by atoms with Gasteiger partial charge in [-0.05, 0) is 81.2 Å². The van der Waals surface area contributed by atoms with Gasteiger partial charge >= 0.3 is 0 Å². The zero-order valence-corrected chi connectivity index (χ0v) is 17.8. The molecule has 1 aliphatic rings. The van der Waals surface area contributed by atoms with Gasteiger partial charge in [-0.25, -0.2) is 0 Å². The highest BCUT2D eigenvalue weighted by molar-refractivity contribution is 6.05. The smallest absolute Gasteiger partial charge is 0.272 e. The van der Waals surface area contributed by atoms with Crippen molar-refractivity contribution in [2.45, 2.75) is 12.5 Å². The van der Waals surface area contributed by atoms with E-state index in [1.807, 2.05) is 24.3 Å². The highest BCUT2D eigenvalue weighted by Crippen LogP contribution is 2.24. The van der Waals surface area contributed by atoms with Crippen molar-refractivity contribution in [3.8, 4) is 0 Å². The molecular weight excluding hydrogens is 390 g/mol. The molecule has 0 saturated carbocycles. The van der Waals surface area contributed by atoms with Crippen LogP contribution in [0.25, 0.3) is 0 Å². The van der Waals surface area contributed by atoms with E-state index in [2.05, 4.69) is 39.5 Å². The standard InChI is InChI=1S/C24H27N5O2/c1-28(2)21-13-15-29(16-21)20-11-9-19(10-12-20)26-23(30)17-5-7-18(8-6-17)27-24(31)22-4-3-14-25-22/h3-12,14,21,25H,13,15-16H2,1-2H3,(H,26,30)(H,27,31). The number of likely N-dealkylation sites (N-methyl/N-ethyl adjacent to an activating group) is 1. The van der Waals surface area contributed by atoms with Gasteiger partial charge in [0.25, 0.3) is 11.8 Å². The minimum absolute atomic E-state index is 0.191. The van der Waals surface area contributed by atoms with Gasteiger partial charge in [-0.1, -0.05) is 0 Å². The second-order valence-corrected chi connectivity index (χ2v) is 7.97. The number of hydrogen-bond acceptors (Lipinski definition) is 4. The van der Waals surface area contributed by atoms with E-state index in [4.69, 9.17) is 0 Å². The zero-order chi connectivity index (χ0) is 21.8. The van der Waals surface area contributed by atoms with Crippen LogP contribution < -0.4 is 15.5 Å². The molecule has 7 heteroatoms. The zero-order valence-electron chi connectivity index (χ0n) is 17.8. The van der Waals surface area contributed by atoms with Gasteiger partial charge in [-0.3, -0.25) is 9.59 Å². The molecule has 2 heterocycles. The summed E-state index contributed by atoms with van der Waals surface area (Å²) in [7, 11) is 4.24. The van der Waals surface area contributed by atoms with Gasteiger partial charge in [0.15, 0.2) is 0 Å². The third-order valence-electron chi connectivity index (χ3n) is 5.63. The maximum absolute atomic E-state index is 12.6. The topological polar surface area (TPSA) is 80.5 Å². The molecule has 31 heavy (non-hydrogen) atoms. The van der Waals surface area contributed by atoms with Crippen molar-refractivity contribution < 1.29 is 9.59 Å². The van der Waals surface area contributed by atoms with Crippen LogP contribution in [0, 0.1) is 0 Å². The molecule has 0 radical (unpaired) electrons. The molecule has 0 bridgehead atoms. The van der Waals surface area contributed by atoms with E-state index in [0.29, 0.717) is 23.0 Å². The summed E-state index contributed by atoms with van der Waals surface area (Å²) in [5.41, 5.74) is 3.56. The number of benzene rings is 2. The Morgan fingerprint density at radius 3 is 2.16 bits per heavy atom. The predicted molar refractivity (Wildman–Crippen MR) is 124 cm³/mol. The Hall–Kier alpha value is -3.58. The third-order valence-corrected chi connectivity index (χ3v) is 5.63. The normalized spacial score (nSPS) is 15.8. The quantitative estimate of drug-likeness (QED) is 0.572. The summed E-state index contributed by atoms with van der Waals surface area (Å²) >= 11 is 0. The first-order valence-corrected chi connectivity index (χ1v) is 10.4. The van der Waals surface area contributed by atoms with E-state index in [0.717, 1.165) is 25.2 Å². The lowest BCUT2D eigenvalue weighted by Gasteiger charge is -2.22. The second kappa shape index (κ2) is 9.06. The van der Waals surface area contributed by atoms with Crippen LogP contribution in [-0.4, -0.2) is 54.9 Å². The van der Waals surface area contributed by atoms with Gasteiger partial charge < -0.3 is 25.4 Å². The number of aromatic amines is 1. The lowest BCUT2D eigenvalue weighted by Crippen LogP contribution is -2.31. The number of carbonyl (C=O) groups excluding carboxylic acids is 2. The number of hydrogen-bond donors (Lipinski definition) is 3. The van der Waals surface area contributed by atoms with E-state index in [1.165, 1.54) is 5.69 Å². The summed E-state index contributed by atoms with van der Waals surface area (Å²) < 4.78 is 0. The van der Waals surface area contributed by atoms with Crippen LogP contribution in [0.5, 0.6) is 0 Å². The highest BCUT2D eigenvalue weighted by Gasteiger charge is 2.24. The molecule has 1 atom stereocenters. The molecule has 3 N–H and O–H groups in total. The number of aromatic nitrogens is 1. The molecule has 1 saturated heterocycles. The van der Waals surface area contributed by atoms with Crippen LogP contribution >= 0.6 is 0 Å². The van der Waals surface area contributed by atoms with E-state index < -0.39 is 0 Å². The SMILES string of the molecule is CN(C)C1CCN(c2ccc(NC(=O)c3ccc(NC(=O)c4ccc[nH]4)cc3)cc2)C1. The molecule has 1 aromatic heterocycles.